The summed E-state index contributed by atoms with van der Waals surface area (Å²) in [5, 5.41) is 0. The number of fused-ring (bicyclic) bond motifs is 4. The molecule has 12 rings (SSSR count). The lowest BCUT2D eigenvalue weighted by Gasteiger charge is -2.41. The summed E-state index contributed by atoms with van der Waals surface area (Å²) in [5.41, 5.74) is 3.26. The van der Waals surface area contributed by atoms with Crippen LogP contribution < -0.4 is 23.7 Å². The summed E-state index contributed by atoms with van der Waals surface area (Å²) in [5.74, 6) is 0.857. The second kappa shape index (κ2) is 42.5. The van der Waals surface area contributed by atoms with E-state index in [4.69, 9.17) is 47.4 Å². The van der Waals surface area contributed by atoms with Crippen LogP contribution in [0.1, 0.15) is 287 Å². The van der Waals surface area contributed by atoms with E-state index < -0.39 is 53.7 Å². The van der Waals surface area contributed by atoms with Crippen LogP contribution in [0.3, 0.4) is 0 Å². The maximum absolute atomic E-state index is 12.8. The molecule has 5 aromatic rings. The molecule has 670 valence electrons. The highest BCUT2D eigenvalue weighted by Crippen LogP contribution is 2.67. The van der Waals surface area contributed by atoms with Crippen molar-refractivity contribution >= 4 is 59.7 Å². The largest absolute Gasteiger partial charge is 0.459 e. The van der Waals surface area contributed by atoms with E-state index in [-0.39, 0.29) is 131 Å². The van der Waals surface area contributed by atoms with Crippen LogP contribution in [-0.2, 0) is 47.7 Å². The van der Waals surface area contributed by atoms with Crippen molar-refractivity contribution in [3.63, 3.8) is 0 Å². The zero-order chi connectivity index (χ0) is 91.8. The summed E-state index contributed by atoms with van der Waals surface area (Å²) in [6.07, 6.45) is 15.2. The second-order valence-corrected chi connectivity index (χ2v) is 39.0. The van der Waals surface area contributed by atoms with Gasteiger partial charge in [-0.05, 0) is 249 Å². The van der Waals surface area contributed by atoms with E-state index in [2.05, 4.69) is 137 Å². The Hall–Kier alpha value is -10.5. The first kappa shape index (κ1) is 98.9. The Bertz CT molecular complexity index is 4770. The number of ether oxygens (including phenoxy) is 10. The Morgan fingerprint density at radius 2 is 0.750 bits per heavy atom. The fraction of sp³-hybridized carbons (Fsp3) is 0.519. The highest BCUT2D eigenvalue weighted by Gasteiger charge is 2.64. The van der Waals surface area contributed by atoms with E-state index in [9.17, 15) is 47.9 Å². The molecule has 14 unspecified atom stereocenters. The number of para-hydroxylation sites is 4. The minimum absolute atomic E-state index is 0.00332. The first-order valence-electron chi connectivity index (χ1n) is 44.0. The van der Waals surface area contributed by atoms with Gasteiger partial charge in [-0.25, -0.2) is 47.9 Å². The zero-order valence-corrected chi connectivity index (χ0v) is 76.9. The standard InChI is InChI=1S/2C21H26O4.2C21H28O4.C20H26O4/c1-13(2)17(22)24-16-9-7-6-8-15(16)18(23)25-19-20(3,4)14-10-11-21(19,5)12-14;1-13(2)18(22)24-16-9-7-6-8-15(16)19(23)25-17-12-14-10-11-21(17,5)20(14,3)4;1-13(2)18-10-9-15(5)11-19(18)25-21(23)16-7-6-8-17(12-16)24-20(22)14(3)4;1-13(2)16-11-10-15(5)12-19(16)25-21(23)17-8-6-7-9-18(17)24-20(22)14(3)4;1-13(2)18(21)24-17-9-7-6-8-16(17)19(22)23-15-10-14(3)11-20(4,5)12-15/h6-9,14,19H,1,10-12H2,2-5H3;6-9,14,17H,1,10-12H2,2-5H3;6-8,12-13,15,18-19H,3,9-11H2,1-2,4-5H3;6-9,13,15-16,19H,3,10-12H2,1-2,4-5H3;6-9,14-15H,1,10-12H2,2-5H3. The molecule has 0 aromatic heterocycles. The van der Waals surface area contributed by atoms with E-state index in [0.29, 0.717) is 70.1 Å². The minimum atomic E-state index is -0.553. The lowest BCUT2D eigenvalue weighted by molar-refractivity contribution is -0.131. The van der Waals surface area contributed by atoms with Crippen molar-refractivity contribution in [3.05, 3.63) is 210 Å². The maximum Gasteiger partial charge on any atom is 0.342 e. The van der Waals surface area contributed by atoms with Gasteiger partial charge in [0.25, 0.3) is 0 Å². The van der Waals surface area contributed by atoms with E-state index in [1.807, 2.05) is 0 Å². The highest BCUT2D eigenvalue weighted by molar-refractivity contribution is 5.99. The molecule has 0 N–H and O–H groups in total. The number of hydrogen-bond donors (Lipinski definition) is 0. The molecule has 7 fully saturated rings. The molecule has 124 heavy (non-hydrogen) atoms. The van der Waals surface area contributed by atoms with Gasteiger partial charge in [-0.1, -0.05) is 204 Å². The lowest BCUT2D eigenvalue weighted by Crippen LogP contribution is -2.43. The van der Waals surface area contributed by atoms with Crippen LogP contribution in [0.15, 0.2) is 182 Å². The van der Waals surface area contributed by atoms with E-state index in [1.54, 1.807) is 156 Å². The number of esters is 10. The molecule has 14 atom stereocenters. The van der Waals surface area contributed by atoms with Gasteiger partial charge in [0.05, 0.1) is 5.56 Å². The van der Waals surface area contributed by atoms with Crippen molar-refractivity contribution in [1.29, 1.82) is 0 Å². The van der Waals surface area contributed by atoms with E-state index in [0.717, 1.165) is 70.6 Å². The van der Waals surface area contributed by atoms with Gasteiger partial charge in [0.1, 0.15) is 81.5 Å². The summed E-state index contributed by atoms with van der Waals surface area (Å²) in [4.78, 5) is 122. The number of carbonyl (C=O) groups excluding carboxylic acids is 10. The van der Waals surface area contributed by atoms with Crippen LogP contribution in [-0.4, -0.2) is 90.2 Å². The molecule has 7 aliphatic rings. The van der Waals surface area contributed by atoms with Crippen molar-refractivity contribution in [1.82, 2.24) is 0 Å². The fourth-order valence-electron chi connectivity index (χ4n) is 19.2. The molecular formula is C104H134O20. The molecule has 0 aliphatic heterocycles. The van der Waals surface area contributed by atoms with Crippen LogP contribution in [0.5, 0.6) is 28.7 Å². The van der Waals surface area contributed by atoms with Crippen LogP contribution in [0.4, 0.5) is 0 Å². The van der Waals surface area contributed by atoms with Crippen molar-refractivity contribution in [2.75, 3.05) is 0 Å². The third kappa shape index (κ3) is 25.4. The molecule has 7 aliphatic carbocycles. The summed E-state index contributed by atoms with van der Waals surface area (Å²) in [6.45, 7) is 58.7. The molecule has 20 heteroatoms. The molecule has 20 nitrogen and oxygen atoms in total. The smallest absolute Gasteiger partial charge is 0.342 e. The van der Waals surface area contributed by atoms with Crippen molar-refractivity contribution in [3.8, 4) is 28.7 Å². The Morgan fingerprint density at radius 3 is 1.12 bits per heavy atom. The molecule has 5 aromatic carbocycles. The normalized spacial score (nSPS) is 25.5. The van der Waals surface area contributed by atoms with Crippen molar-refractivity contribution in [2.24, 2.45) is 80.3 Å². The summed E-state index contributed by atoms with van der Waals surface area (Å²) >= 11 is 0. The second-order valence-electron chi connectivity index (χ2n) is 39.0. The fourth-order valence-corrected chi connectivity index (χ4v) is 19.2. The lowest BCUT2D eigenvalue weighted by atomic mass is 9.70. The predicted molar refractivity (Wildman–Crippen MR) is 478 cm³/mol. The van der Waals surface area contributed by atoms with Crippen LogP contribution >= 0.6 is 0 Å². The summed E-state index contributed by atoms with van der Waals surface area (Å²) < 4.78 is 55.6. The predicted octanol–water partition coefficient (Wildman–Crippen LogP) is 23.2. The van der Waals surface area contributed by atoms with Crippen LogP contribution in [0, 0.1) is 80.3 Å². The molecule has 0 spiro atoms. The third-order valence-electron chi connectivity index (χ3n) is 26.6. The molecular weight excluding hydrogens is 1570 g/mol. The van der Waals surface area contributed by atoms with Gasteiger partial charge in [-0.15, -0.1) is 0 Å². The van der Waals surface area contributed by atoms with E-state index >= 15 is 0 Å². The molecule has 0 heterocycles. The van der Waals surface area contributed by atoms with Gasteiger partial charge in [0.2, 0.25) is 0 Å². The van der Waals surface area contributed by atoms with Gasteiger partial charge in [0, 0.05) is 44.1 Å². The molecule has 0 radical (unpaired) electrons. The van der Waals surface area contributed by atoms with Crippen molar-refractivity contribution < 1.29 is 95.3 Å². The average molecular weight is 1700 g/mol. The van der Waals surface area contributed by atoms with E-state index in [1.165, 1.54) is 25.7 Å². The quantitative estimate of drug-likeness (QED) is 0.0270. The van der Waals surface area contributed by atoms with Gasteiger partial charge in [0.15, 0.2) is 0 Å². The molecule has 0 saturated heterocycles. The monoisotopic (exact) mass is 1700 g/mol. The first-order valence-corrected chi connectivity index (χ1v) is 44.0. The highest BCUT2D eigenvalue weighted by atomic mass is 16.6. The Morgan fingerprint density at radius 1 is 0.371 bits per heavy atom. The van der Waals surface area contributed by atoms with Crippen LogP contribution in [0.25, 0.3) is 0 Å². The van der Waals surface area contributed by atoms with Gasteiger partial charge < -0.3 is 47.4 Å². The number of hydrogen-bond acceptors (Lipinski definition) is 20. The summed E-state index contributed by atoms with van der Waals surface area (Å²) in [7, 11) is 0. The Balaban J connectivity index is 0.000000192. The van der Waals surface area contributed by atoms with Gasteiger partial charge in [-0.2, -0.15) is 0 Å². The number of benzene rings is 5. The zero-order valence-electron chi connectivity index (χ0n) is 76.9. The average Bonchev–Trinajstić information content (AvgIpc) is 1.57. The van der Waals surface area contributed by atoms with Crippen molar-refractivity contribution in [2.45, 2.75) is 265 Å². The SMILES string of the molecule is C=C(C)C(=O)Oc1cccc(C(=O)OC2CC(C)CCC2C(C)C)c1.C=C(C)C(=O)Oc1ccccc1C(=O)OC1C2(C)CCC(C2)C1(C)C.C=C(C)C(=O)Oc1ccccc1C(=O)OC1CC(C)CC(C)(C)C1.C=C(C)C(=O)Oc1ccccc1C(=O)OC1CC(C)CCC1C(C)C.C=C(C)C(=O)Oc1ccccc1C(=O)OC1CC2CCC1(C)C2(C)C. The first-order chi connectivity index (χ1) is 58.1. The Labute approximate surface area is 735 Å². The van der Waals surface area contributed by atoms with Crippen LogP contribution in [0.2, 0.25) is 0 Å². The number of carbonyl (C=O) groups is 10. The third-order valence-corrected chi connectivity index (χ3v) is 26.6. The topological polar surface area (TPSA) is 263 Å². The minimum Gasteiger partial charge on any atom is -0.459 e. The Kier molecular flexibility index (Phi) is 33.9. The maximum atomic E-state index is 12.8. The van der Waals surface area contributed by atoms with Gasteiger partial charge in [-0.3, -0.25) is 0 Å². The number of rotatable bonds is 22. The molecule has 4 bridgehead atoms. The summed E-state index contributed by atoms with van der Waals surface area (Å²) in [6, 6.07) is 33.2. The van der Waals surface area contributed by atoms with Gasteiger partial charge >= 0.3 is 59.7 Å². The molecule has 0 amide bonds. The molecule has 7 saturated carbocycles.